The van der Waals surface area contributed by atoms with Crippen LogP contribution in [0.5, 0.6) is 0 Å². The highest BCUT2D eigenvalue weighted by Gasteiger charge is 2.10. The fraction of sp³-hybridized carbons (Fsp3) is 0.538. The molecule has 1 aromatic rings. The van der Waals surface area contributed by atoms with E-state index in [9.17, 15) is 0 Å². The molecule has 17 heavy (non-hydrogen) atoms. The summed E-state index contributed by atoms with van der Waals surface area (Å²) in [7, 11) is 0. The molecule has 0 amide bonds. The first-order valence-electron chi connectivity index (χ1n) is 5.95. The highest BCUT2D eigenvalue weighted by Crippen LogP contribution is 2.31. The molecule has 0 saturated heterocycles. The molecule has 0 aliphatic carbocycles. The van der Waals surface area contributed by atoms with Crippen molar-refractivity contribution in [3.05, 3.63) is 22.2 Å². The first kappa shape index (κ1) is 14.5. The van der Waals surface area contributed by atoms with Crippen molar-refractivity contribution in [2.45, 2.75) is 39.7 Å². The van der Waals surface area contributed by atoms with Crippen molar-refractivity contribution < 1.29 is 0 Å². The number of hydrogen-bond donors (Lipinski definition) is 2. The maximum atomic E-state index is 5.97. The van der Waals surface area contributed by atoms with Gasteiger partial charge < -0.3 is 11.1 Å². The Kier molecular flexibility index (Phi) is 5.41. The molecule has 4 heteroatoms. The van der Waals surface area contributed by atoms with Crippen LogP contribution >= 0.6 is 23.2 Å². The maximum Gasteiger partial charge on any atom is 0.0614 e. The van der Waals surface area contributed by atoms with E-state index in [1.807, 2.05) is 0 Å². The molecule has 96 valence electrons. The summed E-state index contributed by atoms with van der Waals surface area (Å²) in [5.74, 6) is 0.696. The van der Waals surface area contributed by atoms with Crippen LogP contribution in [0.3, 0.4) is 0 Å². The van der Waals surface area contributed by atoms with Gasteiger partial charge in [-0.05, 0) is 31.4 Å². The van der Waals surface area contributed by atoms with E-state index in [2.05, 4.69) is 26.1 Å². The van der Waals surface area contributed by atoms with Crippen LogP contribution in [0.25, 0.3) is 0 Å². The van der Waals surface area contributed by atoms with Crippen LogP contribution in [0.2, 0.25) is 10.0 Å². The van der Waals surface area contributed by atoms with Crippen LogP contribution in [0.15, 0.2) is 12.1 Å². The van der Waals surface area contributed by atoms with Gasteiger partial charge in [0.2, 0.25) is 0 Å². The van der Waals surface area contributed by atoms with E-state index in [4.69, 9.17) is 28.9 Å². The predicted molar refractivity (Wildman–Crippen MR) is 78.0 cm³/mol. The number of hydrogen-bond acceptors (Lipinski definition) is 2. The van der Waals surface area contributed by atoms with Crippen molar-refractivity contribution >= 4 is 34.6 Å². The van der Waals surface area contributed by atoms with Gasteiger partial charge in [0.25, 0.3) is 0 Å². The second-order valence-electron chi connectivity index (χ2n) is 4.65. The summed E-state index contributed by atoms with van der Waals surface area (Å²) in [6.07, 6.45) is 2.29. The average molecular weight is 275 g/mol. The number of nitrogens with two attached hydrogens (primary N) is 1. The number of rotatable bonds is 5. The van der Waals surface area contributed by atoms with Crippen LogP contribution < -0.4 is 11.1 Å². The Balaban J connectivity index is 2.71. The molecule has 0 fully saturated rings. The molecule has 0 aliphatic heterocycles. The summed E-state index contributed by atoms with van der Waals surface area (Å²) in [6, 6.07) is 3.83. The van der Waals surface area contributed by atoms with Crippen molar-refractivity contribution in [1.29, 1.82) is 0 Å². The molecular formula is C13H20Cl2N2. The Bertz CT molecular complexity index is 380. The molecule has 3 N–H and O–H groups in total. The van der Waals surface area contributed by atoms with Crippen molar-refractivity contribution in [3.63, 3.8) is 0 Å². The van der Waals surface area contributed by atoms with Gasteiger partial charge in [-0.3, -0.25) is 0 Å². The zero-order valence-corrected chi connectivity index (χ0v) is 12.1. The minimum absolute atomic E-state index is 0.365. The zero-order chi connectivity index (χ0) is 13.0. The van der Waals surface area contributed by atoms with Gasteiger partial charge in [-0.1, -0.05) is 43.5 Å². The molecule has 0 bridgehead atoms. The van der Waals surface area contributed by atoms with Gasteiger partial charge in [-0.25, -0.2) is 0 Å². The lowest BCUT2D eigenvalue weighted by Gasteiger charge is -2.20. The van der Waals surface area contributed by atoms with E-state index in [0.717, 1.165) is 12.1 Å². The van der Waals surface area contributed by atoms with E-state index < -0.39 is 0 Å². The van der Waals surface area contributed by atoms with Gasteiger partial charge in [0.15, 0.2) is 0 Å². The van der Waals surface area contributed by atoms with Crippen LogP contribution in [-0.2, 0) is 0 Å². The highest BCUT2D eigenvalue weighted by molar-refractivity contribution is 6.42. The first-order chi connectivity index (χ1) is 7.93. The molecule has 0 aromatic heterocycles. The lowest BCUT2D eigenvalue weighted by molar-refractivity contribution is 0.484. The van der Waals surface area contributed by atoms with Crippen LogP contribution in [-0.4, -0.2) is 6.04 Å². The second-order valence-corrected chi connectivity index (χ2v) is 5.46. The van der Waals surface area contributed by atoms with Crippen molar-refractivity contribution in [3.8, 4) is 0 Å². The summed E-state index contributed by atoms with van der Waals surface area (Å²) in [5.41, 5.74) is 7.39. The van der Waals surface area contributed by atoms with Crippen LogP contribution in [0, 0.1) is 5.92 Å². The number of nitrogen functional groups attached to an aromatic ring is 1. The predicted octanol–water partition coefficient (Wildman–Crippen LogP) is 4.81. The number of halogens is 2. The fourth-order valence-corrected chi connectivity index (χ4v) is 2.12. The average Bonchev–Trinajstić information content (AvgIpc) is 2.25. The monoisotopic (exact) mass is 274 g/mol. The minimum Gasteiger partial charge on any atom is -0.397 e. The third-order valence-corrected chi connectivity index (χ3v) is 3.67. The van der Waals surface area contributed by atoms with Gasteiger partial charge >= 0.3 is 0 Å². The van der Waals surface area contributed by atoms with E-state index in [-0.39, 0.29) is 0 Å². The van der Waals surface area contributed by atoms with Gasteiger partial charge in [0, 0.05) is 6.04 Å². The second kappa shape index (κ2) is 6.36. The van der Waals surface area contributed by atoms with Gasteiger partial charge in [0.05, 0.1) is 21.4 Å². The Morgan fingerprint density at radius 1 is 1.24 bits per heavy atom. The van der Waals surface area contributed by atoms with Crippen molar-refractivity contribution in [2.24, 2.45) is 5.92 Å². The van der Waals surface area contributed by atoms with Crippen LogP contribution in [0.4, 0.5) is 11.4 Å². The largest absolute Gasteiger partial charge is 0.397 e. The molecule has 1 rings (SSSR count). The standard InChI is InChI=1S/C13H20Cl2N2/c1-4-8(2)5-9(3)17-13-7-11(15)10(14)6-12(13)16/h6-9,17H,4-5,16H2,1-3H3. The lowest BCUT2D eigenvalue weighted by atomic mass is 10.0. The summed E-state index contributed by atoms with van der Waals surface area (Å²) in [6.45, 7) is 6.59. The van der Waals surface area contributed by atoms with Crippen LogP contribution in [0.1, 0.15) is 33.6 Å². The topological polar surface area (TPSA) is 38.0 Å². The molecule has 0 saturated carbocycles. The van der Waals surface area contributed by atoms with Gasteiger partial charge in [-0.2, -0.15) is 0 Å². The Hall–Kier alpha value is -0.600. The minimum atomic E-state index is 0.365. The van der Waals surface area contributed by atoms with E-state index >= 15 is 0 Å². The van der Waals surface area contributed by atoms with Crippen molar-refractivity contribution in [1.82, 2.24) is 0 Å². The fourth-order valence-electron chi connectivity index (χ4n) is 1.78. The lowest BCUT2D eigenvalue weighted by Crippen LogP contribution is -2.19. The van der Waals surface area contributed by atoms with Gasteiger partial charge in [0.1, 0.15) is 0 Å². The maximum absolute atomic E-state index is 5.97. The molecule has 0 heterocycles. The summed E-state index contributed by atoms with van der Waals surface area (Å²) in [5, 5.41) is 4.39. The third kappa shape index (κ3) is 4.29. The van der Waals surface area contributed by atoms with E-state index in [1.165, 1.54) is 6.42 Å². The van der Waals surface area contributed by atoms with Gasteiger partial charge in [-0.15, -0.1) is 0 Å². The Labute approximate surface area is 113 Å². The normalized spacial score (nSPS) is 14.4. The number of nitrogens with one attached hydrogen (secondary N) is 1. The van der Waals surface area contributed by atoms with Crippen molar-refractivity contribution in [2.75, 3.05) is 11.1 Å². The smallest absolute Gasteiger partial charge is 0.0614 e. The van der Waals surface area contributed by atoms with E-state index in [1.54, 1.807) is 12.1 Å². The molecule has 0 spiro atoms. The summed E-state index contributed by atoms with van der Waals surface area (Å²) >= 11 is 11.9. The highest BCUT2D eigenvalue weighted by atomic mass is 35.5. The third-order valence-electron chi connectivity index (χ3n) is 2.95. The Morgan fingerprint density at radius 2 is 1.82 bits per heavy atom. The molecular weight excluding hydrogens is 255 g/mol. The Morgan fingerprint density at radius 3 is 2.41 bits per heavy atom. The van der Waals surface area contributed by atoms with E-state index in [0.29, 0.717) is 27.7 Å². The molecule has 0 aliphatic rings. The first-order valence-corrected chi connectivity index (χ1v) is 6.70. The molecule has 0 radical (unpaired) electrons. The molecule has 1 aromatic carbocycles. The molecule has 2 atom stereocenters. The zero-order valence-electron chi connectivity index (χ0n) is 10.6. The summed E-state index contributed by atoms with van der Waals surface area (Å²) < 4.78 is 0. The quantitative estimate of drug-likeness (QED) is 0.756. The summed E-state index contributed by atoms with van der Waals surface area (Å²) in [4.78, 5) is 0. The molecule has 2 nitrogen and oxygen atoms in total. The SMILES string of the molecule is CCC(C)CC(C)Nc1cc(Cl)c(Cl)cc1N. The number of anilines is 2. The number of benzene rings is 1. The molecule has 2 unspecified atom stereocenters.